The molecule has 2 N–H and O–H groups in total. The van der Waals surface area contributed by atoms with Gasteiger partial charge in [0.1, 0.15) is 23.8 Å². The summed E-state index contributed by atoms with van der Waals surface area (Å²) in [6, 6.07) is 6.64. The molecular formula is C47H79N5O9. The van der Waals surface area contributed by atoms with E-state index >= 15 is 0 Å². The normalized spacial score (nSPS) is 18.8. The fourth-order valence-electron chi connectivity index (χ4n) is 8.43. The van der Waals surface area contributed by atoms with Crippen LogP contribution in [-0.4, -0.2) is 134 Å². The second kappa shape index (κ2) is 24.6. The Labute approximate surface area is 366 Å². The number of methoxy groups -OCH3 is 2. The maximum Gasteiger partial charge on any atom is 0.410 e. The van der Waals surface area contributed by atoms with Crippen molar-refractivity contribution in [2.45, 2.75) is 156 Å². The Morgan fingerprint density at radius 2 is 1.52 bits per heavy atom. The van der Waals surface area contributed by atoms with Crippen molar-refractivity contribution in [1.29, 1.82) is 0 Å². The van der Waals surface area contributed by atoms with E-state index in [4.69, 9.17) is 18.9 Å². The van der Waals surface area contributed by atoms with Crippen LogP contribution in [-0.2, 0) is 38.1 Å². The minimum absolute atomic E-state index is 0.0120. The Morgan fingerprint density at radius 1 is 0.902 bits per heavy atom. The summed E-state index contributed by atoms with van der Waals surface area (Å²) in [6.45, 7) is 25.0. The number of nitrogens with zero attached hydrogens (tertiary/aromatic N) is 3. The van der Waals surface area contributed by atoms with Gasteiger partial charge in [-0.2, -0.15) is 0 Å². The molecule has 1 aliphatic heterocycles. The zero-order valence-electron chi connectivity index (χ0n) is 39.9. The van der Waals surface area contributed by atoms with Crippen LogP contribution in [0.25, 0.3) is 0 Å². The van der Waals surface area contributed by atoms with E-state index in [1.165, 1.54) is 11.9 Å². The van der Waals surface area contributed by atoms with Crippen molar-refractivity contribution in [3.63, 3.8) is 0 Å². The van der Waals surface area contributed by atoms with E-state index in [1.54, 1.807) is 57.9 Å². The van der Waals surface area contributed by atoms with Crippen molar-refractivity contribution in [1.82, 2.24) is 25.3 Å². The number of hydrogen-bond donors (Lipinski definition) is 2. The van der Waals surface area contributed by atoms with Crippen LogP contribution in [0, 0.1) is 23.7 Å². The molecule has 61 heavy (non-hydrogen) atoms. The molecule has 0 radical (unpaired) electrons. The number of benzene rings is 1. The molecule has 5 amide bonds. The molecule has 1 aromatic rings. The second-order valence-corrected chi connectivity index (χ2v) is 18.4. The van der Waals surface area contributed by atoms with Crippen molar-refractivity contribution >= 4 is 29.7 Å². The number of carbonyl (C=O) groups excluding carboxylic acids is 5. The first-order valence-corrected chi connectivity index (χ1v) is 22.0. The Balaban J connectivity index is 2.30. The lowest BCUT2D eigenvalue weighted by atomic mass is 9.89. The molecule has 1 fully saturated rings. The largest absolute Gasteiger partial charge is 0.444 e. The lowest BCUT2D eigenvalue weighted by molar-refractivity contribution is -0.148. The van der Waals surface area contributed by atoms with Crippen LogP contribution in [0.2, 0.25) is 0 Å². The minimum Gasteiger partial charge on any atom is -0.444 e. The van der Waals surface area contributed by atoms with Crippen LogP contribution in [0.3, 0.4) is 0 Å². The molecule has 1 heterocycles. The highest BCUT2D eigenvalue weighted by molar-refractivity contribution is 5.92. The molecule has 14 heteroatoms. The number of likely N-dealkylation sites (N-methyl/N-ethyl adjacent to an activating group) is 2. The van der Waals surface area contributed by atoms with E-state index in [0.29, 0.717) is 26.0 Å². The Hall–Kier alpha value is -4.01. The number of rotatable bonds is 23. The number of likely N-dealkylation sites (tertiary alicyclic amines) is 1. The highest BCUT2D eigenvalue weighted by Gasteiger charge is 2.44. The SMILES string of the molecule is C=CCO[C@@H](c1ccccc1)[C@@H](C)NC(=O)[C@H](C)[C@@H](OC)[C@@H]1CCCN1C(=O)C[C@@H](OC)[C@H]([C@@H](C)CC)N(C)C(=O)[C@@H](NC(=O)[C@H](C(C)C)N(C)C(=O)OC(C)(C)C)C(C)C. The molecule has 2 rings (SSSR count). The lowest BCUT2D eigenvalue weighted by Gasteiger charge is -2.41. The summed E-state index contributed by atoms with van der Waals surface area (Å²) in [7, 11) is 6.32. The molecule has 1 aliphatic rings. The summed E-state index contributed by atoms with van der Waals surface area (Å²) in [4.78, 5) is 74.3. The predicted molar refractivity (Wildman–Crippen MR) is 238 cm³/mol. The molecule has 0 bridgehead atoms. The first kappa shape index (κ1) is 53.1. The molecule has 346 valence electrons. The van der Waals surface area contributed by atoms with Crippen LogP contribution < -0.4 is 10.6 Å². The molecule has 0 saturated carbocycles. The van der Waals surface area contributed by atoms with Gasteiger partial charge < -0.3 is 39.4 Å². The van der Waals surface area contributed by atoms with Gasteiger partial charge in [0.05, 0.1) is 49.3 Å². The van der Waals surface area contributed by atoms with Crippen LogP contribution in [0.5, 0.6) is 0 Å². The zero-order valence-corrected chi connectivity index (χ0v) is 39.9. The van der Waals surface area contributed by atoms with Crippen molar-refractivity contribution in [2.75, 3.05) is 41.5 Å². The smallest absolute Gasteiger partial charge is 0.410 e. The summed E-state index contributed by atoms with van der Waals surface area (Å²) in [5, 5.41) is 6.10. The fourth-order valence-corrected chi connectivity index (χ4v) is 8.43. The number of ether oxygens (including phenoxy) is 4. The summed E-state index contributed by atoms with van der Waals surface area (Å²) in [5.41, 5.74) is 0.180. The van der Waals surface area contributed by atoms with Crippen LogP contribution in [0.1, 0.15) is 114 Å². The van der Waals surface area contributed by atoms with Crippen LogP contribution in [0.4, 0.5) is 4.79 Å². The molecule has 0 aromatic heterocycles. The van der Waals surface area contributed by atoms with Crippen molar-refractivity contribution in [3.05, 3.63) is 48.6 Å². The lowest BCUT2D eigenvalue weighted by Crippen LogP contribution is -2.60. The third-order valence-corrected chi connectivity index (χ3v) is 11.8. The third-order valence-electron chi connectivity index (χ3n) is 11.8. The van der Waals surface area contributed by atoms with E-state index in [1.807, 2.05) is 85.7 Å². The average molecular weight is 858 g/mol. The van der Waals surface area contributed by atoms with Gasteiger partial charge in [0.25, 0.3) is 0 Å². The highest BCUT2D eigenvalue weighted by Crippen LogP contribution is 2.30. The molecule has 0 spiro atoms. The molecule has 1 saturated heterocycles. The maximum absolute atomic E-state index is 14.5. The summed E-state index contributed by atoms with van der Waals surface area (Å²) >= 11 is 0. The Bertz CT molecular complexity index is 1570. The van der Waals surface area contributed by atoms with Crippen molar-refractivity contribution in [2.24, 2.45) is 23.7 Å². The number of amides is 5. The van der Waals surface area contributed by atoms with Gasteiger partial charge in [0.2, 0.25) is 23.6 Å². The molecule has 1 aromatic carbocycles. The maximum atomic E-state index is 14.5. The van der Waals surface area contributed by atoms with Crippen LogP contribution >= 0.6 is 0 Å². The molecule has 0 aliphatic carbocycles. The first-order chi connectivity index (χ1) is 28.6. The van der Waals surface area contributed by atoms with E-state index in [0.717, 1.165) is 12.0 Å². The van der Waals surface area contributed by atoms with Gasteiger partial charge >= 0.3 is 6.09 Å². The summed E-state index contributed by atoms with van der Waals surface area (Å²) < 4.78 is 23.7. The van der Waals surface area contributed by atoms with Gasteiger partial charge in [-0.25, -0.2) is 4.79 Å². The summed E-state index contributed by atoms with van der Waals surface area (Å²) in [5.74, 6) is -2.44. The number of nitrogens with one attached hydrogen (secondary N) is 2. The molecule has 10 atom stereocenters. The van der Waals surface area contributed by atoms with Gasteiger partial charge in [-0.1, -0.05) is 91.3 Å². The molecular weight excluding hydrogens is 779 g/mol. The van der Waals surface area contributed by atoms with E-state index in [9.17, 15) is 24.0 Å². The highest BCUT2D eigenvalue weighted by atomic mass is 16.6. The molecule has 14 nitrogen and oxygen atoms in total. The fraction of sp³-hybridized carbons (Fsp3) is 0.723. The monoisotopic (exact) mass is 858 g/mol. The summed E-state index contributed by atoms with van der Waals surface area (Å²) in [6.07, 6.45) is 1.46. The van der Waals surface area contributed by atoms with Gasteiger partial charge in [0.15, 0.2) is 0 Å². The second-order valence-electron chi connectivity index (χ2n) is 18.4. The van der Waals surface area contributed by atoms with Crippen LogP contribution in [0.15, 0.2) is 43.0 Å². The first-order valence-electron chi connectivity index (χ1n) is 22.0. The Morgan fingerprint density at radius 3 is 2.03 bits per heavy atom. The average Bonchev–Trinajstić information content (AvgIpc) is 3.68. The quantitative estimate of drug-likeness (QED) is 0.119. The Kier molecular flexibility index (Phi) is 21.4. The van der Waals surface area contributed by atoms with Gasteiger partial charge in [-0.15, -0.1) is 6.58 Å². The van der Waals surface area contributed by atoms with Gasteiger partial charge in [0, 0.05) is 34.9 Å². The molecule has 0 unspecified atom stereocenters. The zero-order chi connectivity index (χ0) is 46.4. The van der Waals surface area contributed by atoms with Gasteiger partial charge in [-0.05, 0) is 63.9 Å². The number of hydrogen-bond acceptors (Lipinski definition) is 9. The van der Waals surface area contributed by atoms with Crippen molar-refractivity contribution < 1.29 is 42.9 Å². The standard InChI is InChI=1S/C47H79N5O9/c1-17-27-60-42(34-23-20-19-21-24-34)33(9)48-43(54)32(8)41(59-16)35-25-22-26-52(35)37(53)28-36(58-15)40(31(7)18-2)50(13)45(56)38(29(3)4)49-44(55)39(30(5)6)51(14)46(57)61-47(10,11)12/h17,19-21,23-24,29-33,35-36,38-42H,1,18,22,25-28H2,2-16H3,(H,48,54)(H,49,55)/t31-,32+,33+,35-,36+,38-,39-,40-,41+,42+/m0/s1. The van der Waals surface area contributed by atoms with Crippen molar-refractivity contribution in [3.8, 4) is 0 Å². The van der Waals surface area contributed by atoms with E-state index < -0.39 is 60.0 Å². The predicted octanol–water partition coefficient (Wildman–Crippen LogP) is 6.39. The van der Waals surface area contributed by atoms with E-state index in [-0.39, 0.29) is 54.0 Å². The van der Waals surface area contributed by atoms with Gasteiger partial charge in [-0.3, -0.25) is 24.1 Å². The topological polar surface area (TPSA) is 156 Å². The number of carbonyl (C=O) groups is 5. The van der Waals surface area contributed by atoms with E-state index in [2.05, 4.69) is 17.2 Å². The third kappa shape index (κ3) is 14.8. The minimum atomic E-state index is -0.928.